The smallest absolute Gasteiger partial charge is 0.388 e. The number of nitrogens with zero attached hydrogens (tertiary/aromatic N) is 3. The van der Waals surface area contributed by atoms with E-state index in [1.165, 1.54) is 4.68 Å². The van der Waals surface area contributed by atoms with Crippen LogP contribution in [0, 0.1) is 6.92 Å². The number of nitrogens with one attached hydrogen (secondary N) is 1. The second kappa shape index (κ2) is 6.95. The van der Waals surface area contributed by atoms with Crippen molar-refractivity contribution >= 4 is 11.4 Å². The topological polar surface area (TPSA) is 72.4 Å². The van der Waals surface area contributed by atoms with Crippen molar-refractivity contribution in [3.05, 3.63) is 70.7 Å². The van der Waals surface area contributed by atoms with Crippen molar-refractivity contribution in [1.82, 2.24) is 9.78 Å². The summed E-state index contributed by atoms with van der Waals surface area (Å²) in [6, 6.07) is 17.3. The summed E-state index contributed by atoms with van der Waals surface area (Å²) in [5.74, 6) is -0.191. The maximum atomic E-state index is 11.9. The van der Waals surface area contributed by atoms with Crippen molar-refractivity contribution in [1.29, 1.82) is 0 Å². The van der Waals surface area contributed by atoms with E-state index in [1.807, 2.05) is 68.4 Å². The van der Waals surface area contributed by atoms with E-state index in [0.29, 0.717) is 11.6 Å². The third kappa shape index (κ3) is 3.78. The number of para-hydroxylation sites is 1. The van der Waals surface area contributed by atoms with Gasteiger partial charge in [-0.15, -0.1) is 5.10 Å². The average Bonchev–Trinajstić information content (AvgIpc) is 2.95. The number of benzene rings is 2. The molecule has 0 saturated carbocycles. The van der Waals surface area contributed by atoms with Crippen LogP contribution in [0.4, 0.5) is 5.69 Å². The molecule has 6 heteroatoms. The molecular weight excluding hydrogens is 304 g/mol. The molecule has 24 heavy (non-hydrogen) atoms. The van der Waals surface area contributed by atoms with Crippen LogP contribution in [-0.2, 0) is 6.54 Å². The van der Waals surface area contributed by atoms with Crippen LogP contribution in [0.25, 0.3) is 11.5 Å². The van der Waals surface area contributed by atoms with Crippen molar-refractivity contribution in [3.63, 3.8) is 0 Å². The van der Waals surface area contributed by atoms with E-state index in [0.717, 1.165) is 16.8 Å². The highest BCUT2D eigenvalue weighted by Crippen LogP contribution is 2.15. The number of hydrogen-bond donors (Lipinski definition) is 1. The number of aryl methyl sites for hydroxylation is 1. The van der Waals surface area contributed by atoms with Gasteiger partial charge in [0.15, 0.2) is 0 Å². The monoisotopic (exact) mass is 322 g/mol. The zero-order chi connectivity index (χ0) is 16.9. The Labute approximate surface area is 139 Å². The van der Waals surface area contributed by atoms with Gasteiger partial charge in [-0.05, 0) is 38.1 Å². The molecule has 0 aliphatic carbocycles. The normalized spacial score (nSPS) is 11.5. The maximum Gasteiger partial charge on any atom is 0.437 e. The molecule has 0 unspecified atom stereocenters. The molecule has 3 aromatic rings. The van der Waals surface area contributed by atoms with Gasteiger partial charge in [0.1, 0.15) is 0 Å². The van der Waals surface area contributed by atoms with Crippen LogP contribution in [-0.4, -0.2) is 15.5 Å². The summed E-state index contributed by atoms with van der Waals surface area (Å²) >= 11 is 0. The van der Waals surface area contributed by atoms with E-state index in [1.54, 1.807) is 0 Å². The number of rotatable bonds is 5. The summed E-state index contributed by atoms with van der Waals surface area (Å²) in [5, 5.41) is 8.48. The highest BCUT2D eigenvalue weighted by molar-refractivity contribution is 5.82. The van der Waals surface area contributed by atoms with Gasteiger partial charge in [0.05, 0.1) is 17.9 Å². The Kier molecular flexibility index (Phi) is 4.56. The average molecular weight is 322 g/mol. The van der Waals surface area contributed by atoms with Gasteiger partial charge in [0.2, 0.25) is 5.89 Å². The van der Waals surface area contributed by atoms with Crippen molar-refractivity contribution in [3.8, 4) is 11.5 Å². The molecule has 1 heterocycles. The molecule has 0 amide bonds. The predicted octanol–water partition coefficient (Wildman–Crippen LogP) is 3.30. The molecule has 122 valence electrons. The molecule has 0 bridgehead atoms. The van der Waals surface area contributed by atoms with E-state index >= 15 is 0 Å². The van der Waals surface area contributed by atoms with Crippen molar-refractivity contribution in [2.24, 2.45) is 5.10 Å². The van der Waals surface area contributed by atoms with E-state index in [-0.39, 0.29) is 6.54 Å². The second-order valence-corrected chi connectivity index (χ2v) is 5.52. The van der Waals surface area contributed by atoms with Crippen LogP contribution in [0.5, 0.6) is 0 Å². The largest absolute Gasteiger partial charge is 0.437 e. The minimum atomic E-state index is -0.500. The molecule has 0 saturated heterocycles. The molecule has 0 spiro atoms. The number of hydrazone groups is 1. The molecule has 0 aliphatic heterocycles. The Morgan fingerprint density at radius 3 is 2.58 bits per heavy atom. The summed E-state index contributed by atoms with van der Waals surface area (Å²) in [7, 11) is 0. The fraction of sp³-hybridized carbons (Fsp3) is 0.167. The molecule has 3 rings (SSSR count). The van der Waals surface area contributed by atoms with Crippen LogP contribution in [0.2, 0.25) is 0 Å². The highest BCUT2D eigenvalue weighted by Gasteiger charge is 2.10. The lowest BCUT2D eigenvalue weighted by atomic mass is 10.1. The van der Waals surface area contributed by atoms with Gasteiger partial charge in [-0.3, -0.25) is 5.43 Å². The van der Waals surface area contributed by atoms with E-state index in [2.05, 4.69) is 15.6 Å². The van der Waals surface area contributed by atoms with E-state index in [9.17, 15) is 4.79 Å². The minimum absolute atomic E-state index is 0.258. The summed E-state index contributed by atoms with van der Waals surface area (Å²) in [4.78, 5) is 11.9. The van der Waals surface area contributed by atoms with Crippen molar-refractivity contribution < 1.29 is 4.42 Å². The minimum Gasteiger partial charge on any atom is -0.388 e. The van der Waals surface area contributed by atoms with Crippen LogP contribution in [0.1, 0.15) is 12.5 Å². The van der Waals surface area contributed by atoms with Gasteiger partial charge < -0.3 is 4.42 Å². The SMILES string of the molecule is C/C(Cn1nc(-c2ccc(C)cc2)oc1=O)=N/Nc1ccccc1. The second-order valence-electron chi connectivity index (χ2n) is 5.52. The molecule has 6 nitrogen and oxygen atoms in total. The number of anilines is 1. The van der Waals surface area contributed by atoms with Crippen molar-refractivity contribution in [2.75, 3.05) is 5.43 Å². The lowest BCUT2D eigenvalue weighted by Crippen LogP contribution is -2.20. The first-order chi connectivity index (χ1) is 11.6. The highest BCUT2D eigenvalue weighted by atomic mass is 16.4. The van der Waals surface area contributed by atoms with Gasteiger partial charge >= 0.3 is 5.76 Å². The zero-order valence-electron chi connectivity index (χ0n) is 13.6. The molecule has 1 aromatic heterocycles. The first-order valence-corrected chi connectivity index (χ1v) is 7.61. The molecule has 2 aromatic carbocycles. The maximum absolute atomic E-state index is 11.9. The molecule has 0 fully saturated rings. The lowest BCUT2D eigenvalue weighted by molar-refractivity contribution is 0.500. The van der Waals surface area contributed by atoms with E-state index < -0.39 is 5.76 Å². The molecular formula is C18H18N4O2. The lowest BCUT2D eigenvalue weighted by Gasteiger charge is -2.02. The van der Waals surface area contributed by atoms with Crippen LogP contribution in [0.15, 0.2) is 68.9 Å². The van der Waals surface area contributed by atoms with Crippen LogP contribution in [0.3, 0.4) is 0 Å². The van der Waals surface area contributed by atoms with Crippen molar-refractivity contribution in [2.45, 2.75) is 20.4 Å². The van der Waals surface area contributed by atoms with Gasteiger partial charge in [0.25, 0.3) is 0 Å². The first kappa shape index (κ1) is 15.7. The molecule has 0 radical (unpaired) electrons. The fourth-order valence-electron chi connectivity index (χ4n) is 2.14. The van der Waals surface area contributed by atoms with E-state index in [4.69, 9.17) is 4.42 Å². The summed E-state index contributed by atoms with van der Waals surface area (Å²) < 4.78 is 6.49. The molecule has 0 aliphatic rings. The molecule has 1 N–H and O–H groups in total. The number of aromatic nitrogens is 2. The third-order valence-electron chi connectivity index (χ3n) is 3.43. The summed E-state index contributed by atoms with van der Waals surface area (Å²) in [5.41, 5.74) is 6.44. The Hall–Kier alpha value is -3.15. The third-order valence-corrected chi connectivity index (χ3v) is 3.43. The fourth-order valence-corrected chi connectivity index (χ4v) is 2.14. The summed E-state index contributed by atoms with van der Waals surface area (Å²) in [6.45, 7) is 4.08. The van der Waals surface area contributed by atoms with Gasteiger partial charge in [0, 0.05) is 5.56 Å². The first-order valence-electron chi connectivity index (χ1n) is 7.61. The number of hydrogen-bond acceptors (Lipinski definition) is 5. The quantitative estimate of drug-likeness (QED) is 0.578. The van der Waals surface area contributed by atoms with Gasteiger partial charge in [-0.2, -0.15) is 9.78 Å². The van der Waals surface area contributed by atoms with Crippen LogP contribution >= 0.6 is 0 Å². The predicted molar refractivity (Wildman–Crippen MR) is 94.1 cm³/mol. The molecule has 0 atom stereocenters. The Morgan fingerprint density at radius 1 is 1.17 bits per heavy atom. The Bertz CT molecular complexity index is 893. The standard InChI is InChI=1S/C18H18N4O2/c1-13-8-10-15(11-9-13)17-21-22(18(23)24-17)12-14(2)19-20-16-6-4-3-5-7-16/h3-11,20H,12H2,1-2H3/b19-14-. The Balaban J connectivity index is 1.73. The van der Waals surface area contributed by atoms with Gasteiger partial charge in [-0.1, -0.05) is 35.9 Å². The Morgan fingerprint density at radius 2 is 1.88 bits per heavy atom. The summed E-state index contributed by atoms with van der Waals surface area (Å²) in [6.07, 6.45) is 0. The zero-order valence-corrected chi connectivity index (χ0v) is 13.6. The van der Waals surface area contributed by atoms with Crippen LogP contribution < -0.4 is 11.2 Å². The van der Waals surface area contributed by atoms with Gasteiger partial charge in [-0.25, -0.2) is 4.79 Å².